The van der Waals surface area contributed by atoms with E-state index >= 15 is 0 Å². The molecule has 7 nitrogen and oxygen atoms in total. The van der Waals surface area contributed by atoms with Crippen molar-refractivity contribution in [3.8, 4) is 11.1 Å². The quantitative estimate of drug-likeness (QED) is 0.236. The molecule has 3 aromatic rings. The van der Waals surface area contributed by atoms with Crippen LogP contribution in [-0.4, -0.2) is 49.6 Å². The maximum absolute atomic E-state index is 12.8. The summed E-state index contributed by atoms with van der Waals surface area (Å²) in [6.07, 6.45) is 4.70. The second-order valence-electron chi connectivity index (χ2n) is 7.86. The van der Waals surface area contributed by atoms with E-state index in [1.165, 1.54) is 6.34 Å². The third-order valence-corrected chi connectivity index (χ3v) is 6.66. The van der Waals surface area contributed by atoms with Crippen LogP contribution in [0.4, 0.5) is 0 Å². The van der Waals surface area contributed by atoms with Crippen molar-refractivity contribution in [2.75, 3.05) is 14.1 Å². The van der Waals surface area contributed by atoms with Gasteiger partial charge in [-0.1, -0.05) is 67.4 Å². The van der Waals surface area contributed by atoms with Gasteiger partial charge in [-0.25, -0.2) is 4.98 Å². The zero-order chi connectivity index (χ0) is 24.0. The minimum absolute atomic E-state index is 0.141. The van der Waals surface area contributed by atoms with E-state index in [0.717, 1.165) is 42.5 Å². The Balaban J connectivity index is 1.93. The number of nitrogens with zero attached hydrogens (tertiary/aromatic N) is 4. The van der Waals surface area contributed by atoms with Gasteiger partial charge in [0.2, 0.25) is 0 Å². The first-order chi connectivity index (χ1) is 15.8. The molecule has 0 saturated carbocycles. The lowest BCUT2D eigenvalue weighted by Gasteiger charge is -2.12. The molecule has 9 heteroatoms. The number of aromatic nitrogens is 2. The first kappa shape index (κ1) is 24.7. The number of hydrogen-bond donors (Lipinski definition) is 0. The molecule has 1 aromatic heterocycles. The number of unbranched alkanes of at least 4 members (excludes halogenated alkanes) is 1. The molecule has 0 aliphatic carbocycles. The summed E-state index contributed by atoms with van der Waals surface area (Å²) < 4.78 is 31.1. The second kappa shape index (κ2) is 10.8. The molecule has 0 N–H and O–H groups in total. The molecule has 0 unspecified atom stereocenters. The number of aldehydes is 1. The lowest BCUT2D eigenvalue weighted by Crippen LogP contribution is -2.10. The normalized spacial score (nSPS) is 11.8. The largest absolute Gasteiger partial charge is 0.368 e. The van der Waals surface area contributed by atoms with Crippen LogP contribution in [0.5, 0.6) is 0 Å². The SMILES string of the molecule is CCCCc1nc(Cl)c(C=O)n1Cc1ccc(-c2ccccc2S(=O)(=O)/N=C/N(C)C)cc1. The number of aryl methyl sites for hydroxylation is 1. The molecule has 0 spiro atoms. The van der Waals surface area contributed by atoms with Gasteiger partial charge in [-0.15, -0.1) is 4.40 Å². The minimum atomic E-state index is -3.85. The molecule has 0 aliphatic rings. The number of benzene rings is 2. The Labute approximate surface area is 199 Å². The van der Waals surface area contributed by atoms with Gasteiger partial charge in [0.1, 0.15) is 17.9 Å². The highest BCUT2D eigenvalue weighted by Gasteiger charge is 2.19. The molecule has 2 aromatic carbocycles. The molecule has 0 bridgehead atoms. The number of carbonyl (C=O) groups excluding carboxylic acids is 1. The van der Waals surface area contributed by atoms with Gasteiger partial charge in [-0.3, -0.25) is 4.79 Å². The maximum Gasteiger partial charge on any atom is 0.284 e. The van der Waals surface area contributed by atoms with Gasteiger partial charge in [-0.05, 0) is 23.6 Å². The van der Waals surface area contributed by atoms with Crippen LogP contribution in [0.1, 0.15) is 41.6 Å². The predicted molar refractivity (Wildman–Crippen MR) is 132 cm³/mol. The van der Waals surface area contributed by atoms with Crippen molar-refractivity contribution >= 4 is 34.2 Å². The number of sulfonamides is 1. The summed E-state index contributed by atoms with van der Waals surface area (Å²) in [6.45, 7) is 2.54. The Bertz CT molecular complexity index is 1250. The molecule has 0 fully saturated rings. The number of halogens is 1. The zero-order valence-corrected chi connectivity index (χ0v) is 20.5. The van der Waals surface area contributed by atoms with Crippen LogP contribution >= 0.6 is 11.6 Å². The first-order valence-corrected chi connectivity index (χ1v) is 12.4. The molecule has 1 heterocycles. The van der Waals surface area contributed by atoms with Crippen LogP contribution < -0.4 is 0 Å². The predicted octanol–water partition coefficient (Wildman–Crippen LogP) is 4.69. The fourth-order valence-electron chi connectivity index (χ4n) is 3.41. The molecule has 0 saturated heterocycles. The number of imidazole rings is 1. The third kappa shape index (κ3) is 5.89. The summed E-state index contributed by atoms with van der Waals surface area (Å²) in [7, 11) is -0.433. The van der Waals surface area contributed by atoms with Crippen molar-refractivity contribution in [1.29, 1.82) is 0 Å². The van der Waals surface area contributed by atoms with E-state index in [-0.39, 0.29) is 10.0 Å². The van der Waals surface area contributed by atoms with E-state index < -0.39 is 10.0 Å². The Morgan fingerprint density at radius 1 is 1.12 bits per heavy atom. The van der Waals surface area contributed by atoms with Crippen LogP contribution in [-0.2, 0) is 23.0 Å². The number of carbonyl (C=O) groups is 1. The first-order valence-electron chi connectivity index (χ1n) is 10.6. The summed E-state index contributed by atoms with van der Waals surface area (Å²) in [5.41, 5.74) is 2.63. The molecule has 0 amide bonds. The fourth-order valence-corrected chi connectivity index (χ4v) is 4.80. The highest BCUT2D eigenvalue weighted by Crippen LogP contribution is 2.29. The standard InChI is InChI=1S/C24H27ClN4O3S/c1-4-5-10-23-27-24(25)21(16-30)29(23)15-18-11-13-19(14-12-18)20-8-6-7-9-22(20)33(31,32)26-17-28(2)3/h6-9,11-14,16-17H,4-5,10,15H2,1-3H3/b26-17+. The highest BCUT2D eigenvalue weighted by atomic mass is 35.5. The van der Waals surface area contributed by atoms with E-state index in [4.69, 9.17) is 11.6 Å². The zero-order valence-electron chi connectivity index (χ0n) is 18.9. The van der Waals surface area contributed by atoms with Crippen molar-refractivity contribution in [2.24, 2.45) is 4.40 Å². The summed E-state index contributed by atoms with van der Waals surface area (Å²) in [5.74, 6) is 0.781. The second-order valence-corrected chi connectivity index (χ2v) is 9.82. The van der Waals surface area contributed by atoms with Crippen molar-refractivity contribution in [1.82, 2.24) is 14.5 Å². The van der Waals surface area contributed by atoms with Gasteiger partial charge < -0.3 is 9.47 Å². The van der Waals surface area contributed by atoms with E-state index in [1.807, 2.05) is 28.8 Å². The Kier molecular flexibility index (Phi) is 8.05. The third-order valence-electron chi connectivity index (χ3n) is 5.09. The highest BCUT2D eigenvalue weighted by molar-refractivity contribution is 7.90. The van der Waals surface area contributed by atoms with Gasteiger partial charge in [0.25, 0.3) is 10.0 Å². The molecular weight excluding hydrogens is 460 g/mol. The number of hydrogen-bond acceptors (Lipinski definition) is 4. The van der Waals surface area contributed by atoms with Crippen molar-refractivity contribution < 1.29 is 13.2 Å². The molecule has 0 aliphatic heterocycles. The van der Waals surface area contributed by atoms with Crippen molar-refractivity contribution in [3.63, 3.8) is 0 Å². The van der Waals surface area contributed by atoms with Crippen LogP contribution in [0.3, 0.4) is 0 Å². The van der Waals surface area contributed by atoms with Crippen molar-refractivity contribution in [2.45, 2.75) is 37.6 Å². The van der Waals surface area contributed by atoms with E-state index in [0.29, 0.717) is 17.8 Å². The Morgan fingerprint density at radius 3 is 2.45 bits per heavy atom. The maximum atomic E-state index is 12.8. The average Bonchev–Trinajstić information content (AvgIpc) is 3.10. The lowest BCUT2D eigenvalue weighted by molar-refractivity contribution is 0.111. The van der Waals surface area contributed by atoms with Gasteiger partial charge in [0.15, 0.2) is 11.4 Å². The summed E-state index contributed by atoms with van der Waals surface area (Å²) in [6, 6.07) is 14.3. The van der Waals surface area contributed by atoms with E-state index in [9.17, 15) is 13.2 Å². The van der Waals surface area contributed by atoms with Gasteiger partial charge >= 0.3 is 0 Å². The van der Waals surface area contributed by atoms with E-state index in [1.54, 1.807) is 43.3 Å². The smallest absolute Gasteiger partial charge is 0.284 e. The molecule has 0 atom stereocenters. The Morgan fingerprint density at radius 2 is 1.82 bits per heavy atom. The Hall–Kier alpha value is -2.97. The van der Waals surface area contributed by atoms with Crippen molar-refractivity contribution in [3.05, 3.63) is 70.8 Å². The summed E-state index contributed by atoms with van der Waals surface area (Å²) in [4.78, 5) is 17.6. The molecule has 0 radical (unpaired) electrons. The molecular formula is C24H27ClN4O3S. The van der Waals surface area contributed by atoms with Crippen LogP contribution in [0.2, 0.25) is 5.15 Å². The molecule has 33 heavy (non-hydrogen) atoms. The van der Waals surface area contributed by atoms with Gasteiger partial charge in [-0.2, -0.15) is 8.42 Å². The number of rotatable bonds is 10. The molecule has 174 valence electrons. The summed E-state index contributed by atoms with van der Waals surface area (Å²) >= 11 is 6.17. The van der Waals surface area contributed by atoms with Crippen LogP contribution in [0, 0.1) is 0 Å². The van der Waals surface area contributed by atoms with Crippen LogP contribution in [0.25, 0.3) is 11.1 Å². The molecule has 3 rings (SSSR count). The average molecular weight is 487 g/mol. The fraction of sp³-hybridized carbons (Fsp3) is 0.292. The van der Waals surface area contributed by atoms with Crippen LogP contribution in [0.15, 0.2) is 57.8 Å². The van der Waals surface area contributed by atoms with Gasteiger partial charge in [0.05, 0.1) is 4.90 Å². The minimum Gasteiger partial charge on any atom is -0.368 e. The topological polar surface area (TPSA) is 84.6 Å². The van der Waals surface area contributed by atoms with Gasteiger partial charge in [0, 0.05) is 32.6 Å². The lowest BCUT2D eigenvalue weighted by atomic mass is 10.0. The summed E-state index contributed by atoms with van der Waals surface area (Å²) in [5, 5.41) is 0.213. The monoisotopic (exact) mass is 486 g/mol. The van der Waals surface area contributed by atoms with E-state index in [2.05, 4.69) is 16.3 Å².